The molecule has 3 aromatic rings. The number of allylic oxidation sites excluding steroid dienone is 1. The number of hydrogen-bond acceptors (Lipinski definition) is 9. The molecule has 9 heteroatoms. The van der Waals surface area contributed by atoms with Crippen LogP contribution < -0.4 is 14.2 Å². The van der Waals surface area contributed by atoms with Gasteiger partial charge in [-0.2, -0.15) is 0 Å². The molecule has 0 saturated heterocycles. The Bertz CT molecular complexity index is 1660. The molecule has 4 atom stereocenters. The average Bonchev–Trinajstić information content (AvgIpc) is 3.07. The van der Waals surface area contributed by atoms with Crippen LogP contribution in [0.1, 0.15) is 55.7 Å². The summed E-state index contributed by atoms with van der Waals surface area (Å²) in [6.45, 7) is 5.77. The maximum atomic E-state index is 14.7. The molecule has 9 nitrogen and oxygen atoms in total. The third-order valence-corrected chi connectivity index (χ3v) is 8.51. The van der Waals surface area contributed by atoms with Crippen molar-refractivity contribution in [2.24, 2.45) is 16.8 Å². The molecule has 2 aliphatic rings. The molecule has 1 unspecified atom stereocenters. The van der Waals surface area contributed by atoms with Gasteiger partial charge in [-0.15, -0.1) is 0 Å². The van der Waals surface area contributed by atoms with Crippen LogP contribution in [0.2, 0.25) is 0 Å². The Kier molecular flexibility index (Phi) is 10.2. The lowest BCUT2D eigenvalue weighted by molar-refractivity contribution is -0.153. The SMILES string of the molecule is CCOC(=O)C1=C(C)N=C2C[C@H](c3ccccc3OC)[C@H](C(=O)OCC)C(=O)C2[C@@H]1c1ccc(OCc2ccccc2)c(OC)c1. The molecule has 5 rings (SSSR count). The Morgan fingerprint density at radius 3 is 2.22 bits per heavy atom. The summed E-state index contributed by atoms with van der Waals surface area (Å²) in [7, 11) is 3.09. The van der Waals surface area contributed by atoms with Gasteiger partial charge in [0.25, 0.3) is 0 Å². The third-order valence-electron chi connectivity index (χ3n) is 8.51. The van der Waals surface area contributed by atoms with Gasteiger partial charge in [0.05, 0.1) is 38.9 Å². The van der Waals surface area contributed by atoms with Crippen LogP contribution >= 0.6 is 0 Å². The number of esters is 2. The monoisotopic (exact) mass is 625 g/mol. The van der Waals surface area contributed by atoms with Gasteiger partial charge in [-0.1, -0.05) is 54.6 Å². The van der Waals surface area contributed by atoms with E-state index in [-0.39, 0.29) is 24.6 Å². The van der Waals surface area contributed by atoms with Gasteiger partial charge in [-0.25, -0.2) is 4.79 Å². The van der Waals surface area contributed by atoms with Crippen LogP contribution in [0.25, 0.3) is 0 Å². The van der Waals surface area contributed by atoms with Crippen molar-refractivity contribution in [2.75, 3.05) is 27.4 Å². The van der Waals surface area contributed by atoms with Crippen LogP contribution in [0.5, 0.6) is 17.2 Å². The van der Waals surface area contributed by atoms with E-state index in [9.17, 15) is 14.4 Å². The lowest BCUT2D eigenvalue weighted by atomic mass is 9.62. The Morgan fingerprint density at radius 2 is 1.52 bits per heavy atom. The molecule has 0 N–H and O–H groups in total. The van der Waals surface area contributed by atoms with Gasteiger partial charge >= 0.3 is 11.9 Å². The first-order valence-corrected chi connectivity index (χ1v) is 15.5. The Morgan fingerprint density at radius 1 is 0.826 bits per heavy atom. The van der Waals surface area contributed by atoms with E-state index in [2.05, 4.69) is 0 Å². The minimum absolute atomic E-state index is 0.116. The zero-order valence-electron chi connectivity index (χ0n) is 26.8. The van der Waals surface area contributed by atoms with Crippen molar-refractivity contribution in [1.29, 1.82) is 0 Å². The van der Waals surface area contributed by atoms with E-state index in [4.69, 9.17) is 28.7 Å². The van der Waals surface area contributed by atoms with Crippen LogP contribution in [0.4, 0.5) is 0 Å². The molecule has 1 heterocycles. The highest BCUT2D eigenvalue weighted by molar-refractivity contribution is 6.18. The van der Waals surface area contributed by atoms with Crippen molar-refractivity contribution >= 4 is 23.4 Å². The molecule has 46 heavy (non-hydrogen) atoms. The summed E-state index contributed by atoms with van der Waals surface area (Å²) in [5.41, 5.74) is 3.65. The topological polar surface area (TPSA) is 110 Å². The van der Waals surface area contributed by atoms with Crippen LogP contribution in [-0.4, -0.2) is 50.9 Å². The number of carbonyl (C=O) groups excluding carboxylic acids is 3. The number of fused-ring (bicyclic) bond motifs is 1. The number of ether oxygens (including phenoxy) is 5. The molecule has 1 aliphatic heterocycles. The fourth-order valence-electron chi connectivity index (χ4n) is 6.51. The van der Waals surface area contributed by atoms with Crippen molar-refractivity contribution in [2.45, 2.75) is 45.6 Å². The average molecular weight is 626 g/mol. The van der Waals surface area contributed by atoms with Crippen molar-refractivity contribution in [1.82, 2.24) is 0 Å². The van der Waals surface area contributed by atoms with Gasteiger partial charge < -0.3 is 23.7 Å². The summed E-state index contributed by atoms with van der Waals surface area (Å²) in [5, 5.41) is 0. The third kappa shape index (κ3) is 6.40. The van der Waals surface area contributed by atoms with Crippen molar-refractivity contribution in [3.8, 4) is 17.2 Å². The summed E-state index contributed by atoms with van der Waals surface area (Å²) in [5.74, 6) is -3.45. The fourth-order valence-corrected chi connectivity index (χ4v) is 6.51. The Hall–Kier alpha value is -4.92. The van der Waals surface area contributed by atoms with Gasteiger partial charge in [-0.3, -0.25) is 14.6 Å². The largest absolute Gasteiger partial charge is 0.496 e. The number of aliphatic imine (C=N–C) groups is 1. The highest BCUT2D eigenvalue weighted by Crippen LogP contribution is 2.50. The van der Waals surface area contributed by atoms with E-state index in [0.717, 1.165) is 5.56 Å². The molecule has 1 fully saturated rings. The van der Waals surface area contributed by atoms with Crippen molar-refractivity contribution in [3.05, 3.63) is 101 Å². The highest BCUT2D eigenvalue weighted by Gasteiger charge is 2.53. The number of rotatable bonds is 11. The highest BCUT2D eigenvalue weighted by atomic mass is 16.5. The van der Waals surface area contributed by atoms with E-state index < -0.39 is 35.6 Å². The van der Waals surface area contributed by atoms with E-state index in [1.807, 2.05) is 54.6 Å². The molecule has 0 radical (unpaired) electrons. The Labute approximate surface area is 269 Å². The van der Waals surface area contributed by atoms with Crippen LogP contribution in [0.15, 0.2) is 89.1 Å². The zero-order valence-corrected chi connectivity index (χ0v) is 26.8. The van der Waals surface area contributed by atoms with Gasteiger partial charge in [0, 0.05) is 23.2 Å². The number of hydrogen-bond donors (Lipinski definition) is 0. The van der Waals surface area contributed by atoms with E-state index >= 15 is 0 Å². The summed E-state index contributed by atoms with van der Waals surface area (Å²) in [4.78, 5) is 46.6. The van der Waals surface area contributed by atoms with Crippen LogP contribution in [0, 0.1) is 11.8 Å². The van der Waals surface area contributed by atoms with Crippen molar-refractivity contribution in [3.63, 3.8) is 0 Å². The predicted molar refractivity (Wildman–Crippen MR) is 172 cm³/mol. The summed E-state index contributed by atoms with van der Waals surface area (Å²) in [6, 6.07) is 22.5. The summed E-state index contributed by atoms with van der Waals surface area (Å²) in [6.07, 6.45) is 0.291. The minimum atomic E-state index is -1.14. The molecule has 0 spiro atoms. The maximum absolute atomic E-state index is 14.7. The standard InChI is InChI=1S/C37H39NO8/c1-6-44-36(40)31-22(3)38-27-20-26(25-15-11-12-16-28(25)42-4)33(37(41)45-7-2)35(39)34(27)32(31)24-17-18-29(30(19-24)43-5)46-21-23-13-9-8-10-14-23/h8-19,26,32-34H,6-7,20-21H2,1-5H3/t26-,32-,33+,34?/m1/s1. The van der Waals surface area contributed by atoms with Gasteiger partial charge in [-0.05, 0) is 62.1 Å². The van der Waals surface area contributed by atoms with E-state index in [1.54, 1.807) is 46.1 Å². The van der Waals surface area contributed by atoms with E-state index in [0.29, 0.717) is 52.8 Å². The zero-order chi connectivity index (χ0) is 32.8. The lowest BCUT2D eigenvalue weighted by Gasteiger charge is -2.41. The molecule has 0 amide bonds. The van der Waals surface area contributed by atoms with Gasteiger partial charge in [0.1, 0.15) is 18.3 Å². The second-order valence-corrected chi connectivity index (χ2v) is 11.1. The molecule has 0 aromatic heterocycles. The first-order chi connectivity index (χ1) is 22.3. The van der Waals surface area contributed by atoms with Crippen molar-refractivity contribution < 1.29 is 38.1 Å². The molecular formula is C37H39NO8. The molecule has 0 bridgehead atoms. The summed E-state index contributed by atoms with van der Waals surface area (Å²) < 4.78 is 28.4. The molecule has 240 valence electrons. The summed E-state index contributed by atoms with van der Waals surface area (Å²) >= 11 is 0. The van der Waals surface area contributed by atoms with E-state index in [1.165, 1.54) is 7.11 Å². The number of ketones is 1. The normalized spacial score (nSPS) is 20.7. The second-order valence-electron chi connectivity index (χ2n) is 11.1. The number of para-hydroxylation sites is 1. The number of methoxy groups -OCH3 is 2. The second kappa shape index (κ2) is 14.5. The quantitative estimate of drug-likeness (QED) is 0.183. The lowest BCUT2D eigenvalue weighted by Crippen LogP contribution is -2.48. The number of Topliss-reactive ketones (excluding diaryl/α,β-unsaturated/α-hetero) is 1. The minimum Gasteiger partial charge on any atom is -0.496 e. The fraction of sp³-hybridized carbons (Fsp3) is 0.351. The number of nitrogens with zero attached hydrogens (tertiary/aromatic N) is 1. The van der Waals surface area contributed by atoms with Gasteiger partial charge in [0.2, 0.25) is 0 Å². The molecular weight excluding hydrogens is 586 g/mol. The maximum Gasteiger partial charge on any atom is 0.336 e. The number of benzene rings is 3. The first kappa shape index (κ1) is 32.5. The van der Waals surface area contributed by atoms with Crippen LogP contribution in [-0.2, 0) is 30.5 Å². The number of carbonyl (C=O) groups is 3. The first-order valence-electron chi connectivity index (χ1n) is 15.5. The Balaban J connectivity index is 1.61. The molecule has 3 aromatic carbocycles. The van der Waals surface area contributed by atoms with Gasteiger partial charge in [0.15, 0.2) is 17.3 Å². The smallest absolute Gasteiger partial charge is 0.336 e. The predicted octanol–water partition coefficient (Wildman–Crippen LogP) is 6.21. The molecule has 1 saturated carbocycles. The molecule has 1 aliphatic carbocycles. The van der Waals surface area contributed by atoms with Crippen LogP contribution in [0.3, 0.4) is 0 Å².